The maximum Gasteiger partial charge on any atom is 0.110 e. The van der Waals surface area contributed by atoms with Gasteiger partial charge in [-0.2, -0.15) is 0 Å². The first-order chi connectivity index (χ1) is 7.88. The molecule has 0 aliphatic carbocycles. The van der Waals surface area contributed by atoms with E-state index in [0.717, 1.165) is 18.7 Å². The Morgan fingerprint density at radius 1 is 1.19 bits per heavy atom. The Kier molecular flexibility index (Phi) is 3.76. The summed E-state index contributed by atoms with van der Waals surface area (Å²) in [6, 6.07) is 10.4. The number of hydrogen-bond acceptors (Lipinski definition) is 1. The van der Waals surface area contributed by atoms with Gasteiger partial charge in [0, 0.05) is 18.3 Å². The summed E-state index contributed by atoms with van der Waals surface area (Å²) in [5, 5.41) is 0. The zero-order valence-electron chi connectivity index (χ0n) is 9.74. The molecule has 0 aliphatic heterocycles. The molecule has 2 heteroatoms. The highest BCUT2D eigenvalue weighted by molar-refractivity contribution is 5.19. The van der Waals surface area contributed by atoms with Crippen LogP contribution in [0.2, 0.25) is 0 Å². The van der Waals surface area contributed by atoms with Crippen molar-refractivity contribution >= 4 is 0 Å². The van der Waals surface area contributed by atoms with Crippen molar-refractivity contribution in [2.24, 2.45) is 0 Å². The molecular formula is C14H18N2. The summed E-state index contributed by atoms with van der Waals surface area (Å²) < 4.78 is 0. The molecule has 0 saturated carbocycles. The smallest absolute Gasteiger partial charge is 0.110 e. The van der Waals surface area contributed by atoms with E-state index in [0.29, 0.717) is 0 Å². The van der Waals surface area contributed by atoms with E-state index < -0.39 is 0 Å². The zero-order valence-corrected chi connectivity index (χ0v) is 9.74. The Balaban J connectivity index is 1.97. The fourth-order valence-electron chi connectivity index (χ4n) is 1.78. The van der Waals surface area contributed by atoms with Crippen LogP contribution in [0.25, 0.3) is 0 Å². The first-order valence-corrected chi connectivity index (χ1v) is 5.95. The number of nitrogens with one attached hydrogen (secondary N) is 1. The van der Waals surface area contributed by atoms with Crippen molar-refractivity contribution in [3.05, 3.63) is 53.6 Å². The number of hydrogen-bond donors (Lipinski definition) is 1. The molecule has 1 heterocycles. The molecule has 2 nitrogen and oxygen atoms in total. The van der Waals surface area contributed by atoms with Crippen LogP contribution in [0, 0.1) is 0 Å². The number of H-pyrrole nitrogens is 1. The molecule has 0 bridgehead atoms. The second kappa shape index (κ2) is 5.50. The van der Waals surface area contributed by atoms with Crippen LogP contribution in [0.4, 0.5) is 0 Å². The average molecular weight is 214 g/mol. The molecular weight excluding hydrogens is 196 g/mol. The first kappa shape index (κ1) is 10.9. The molecule has 0 atom stereocenters. The van der Waals surface area contributed by atoms with Crippen LogP contribution in [0.5, 0.6) is 0 Å². The summed E-state index contributed by atoms with van der Waals surface area (Å²) >= 11 is 0. The van der Waals surface area contributed by atoms with Crippen LogP contribution in [0.15, 0.2) is 36.5 Å². The highest BCUT2D eigenvalue weighted by Crippen LogP contribution is 2.08. The topological polar surface area (TPSA) is 28.7 Å². The molecule has 0 saturated heterocycles. The lowest BCUT2D eigenvalue weighted by molar-refractivity contribution is 0.778. The molecule has 0 amide bonds. The third-order valence-electron chi connectivity index (χ3n) is 2.70. The fraction of sp³-hybridized carbons (Fsp3) is 0.357. The van der Waals surface area contributed by atoms with E-state index in [9.17, 15) is 0 Å². The number of aromatic amines is 1. The van der Waals surface area contributed by atoms with Gasteiger partial charge in [-0.25, -0.2) is 4.98 Å². The molecule has 1 aromatic heterocycles. The van der Waals surface area contributed by atoms with E-state index in [1.807, 2.05) is 12.3 Å². The lowest BCUT2D eigenvalue weighted by Crippen LogP contribution is -1.91. The molecule has 0 unspecified atom stereocenters. The van der Waals surface area contributed by atoms with Crippen LogP contribution in [-0.4, -0.2) is 9.97 Å². The summed E-state index contributed by atoms with van der Waals surface area (Å²) in [6.07, 6.45) is 6.43. The third kappa shape index (κ3) is 2.96. The summed E-state index contributed by atoms with van der Waals surface area (Å²) in [4.78, 5) is 7.79. The van der Waals surface area contributed by atoms with Gasteiger partial charge in [0.15, 0.2) is 0 Å². The Labute approximate surface area is 96.7 Å². The number of aromatic nitrogens is 2. The van der Waals surface area contributed by atoms with Crippen molar-refractivity contribution in [2.45, 2.75) is 32.6 Å². The number of nitrogens with zero attached hydrogens (tertiary/aromatic N) is 1. The molecule has 0 aliphatic rings. The summed E-state index contributed by atoms with van der Waals surface area (Å²) in [7, 11) is 0. The van der Waals surface area contributed by atoms with Crippen LogP contribution in [0.1, 0.15) is 36.8 Å². The molecule has 2 aromatic rings. The average Bonchev–Trinajstić information content (AvgIpc) is 2.75. The van der Waals surface area contributed by atoms with Gasteiger partial charge >= 0.3 is 0 Å². The molecule has 16 heavy (non-hydrogen) atoms. The normalized spacial score (nSPS) is 10.6. The summed E-state index contributed by atoms with van der Waals surface area (Å²) in [6.45, 7) is 2.21. The molecule has 84 valence electrons. The van der Waals surface area contributed by atoms with E-state index in [2.05, 4.69) is 41.2 Å². The fourth-order valence-corrected chi connectivity index (χ4v) is 1.78. The summed E-state index contributed by atoms with van der Waals surface area (Å²) in [5.41, 5.74) is 2.56. The molecule has 2 rings (SSSR count). The largest absolute Gasteiger partial charge is 0.346 e. The van der Waals surface area contributed by atoms with Gasteiger partial charge in [0.25, 0.3) is 0 Å². The van der Waals surface area contributed by atoms with E-state index in [1.54, 1.807) is 0 Å². The van der Waals surface area contributed by atoms with Gasteiger partial charge < -0.3 is 4.98 Å². The van der Waals surface area contributed by atoms with Crippen molar-refractivity contribution in [1.82, 2.24) is 9.97 Å². The quantitative estimate of drug-likeness (QED) is 0.812. The van der Waals surface area contributed by atoms with Gasteiger partial charge in [0.05, 0.1) is 0 Å². The van der Waals surface area contributed by atoms with E-state index in [4.69, 9.17) is 0 Å². The van der Waals surface area contributed by atoms with Crippen molar-refractivity contribution in [3.8, 4) is 0 Å². The number of benzene rings is 1. The van der Waals surface area contributed by atoms with Crippen LogP contribution >= 0.6 is 0 Å². The lowest BCUT2D eigenvalue weighted by Gasteiger charge is -1.97. The van der Waals surface area contributed by atoms with Crippen LogP contribution in [-0.2, 0) is 12.8 Å². The van der Waals surface area contributed by atoms with Gasteiger partial charge in [-0.15, -0.1) is 0 Å². The minimum atomic E-state index is 0.896. The minimum Gasteiger partial charge on any atom is -0.346 e. The van der Waals surface area contributed by atoms with Gasteiger partial charge in [-0.05, 0) is 18.4 Å². The lowest BCUT2D eigenvalue weighted by atomic mass is 10.1. The standard InChI is InChI=1S/C14H18N2/c1-2-3-9-13-11-15-14(16-13)10-12-7-5-4-6-8-12/h4-8,11H,2-3,9-10H2,1H3,(H,15,16). The second-order valence-electron chi connectivity index (χ2n) is 4.12. The van der Waals surface area contributed by atoms with Gasteiger partial charge in [0.2, 0.25) is 0 Å². The Morgan fingerprint density at radius 2 is 2.00 bits per heavy atom. The Bertz CT molecular complexity index is 417. The molecule has 1 N–H and O–H groups in total. The van der Waals surface area contributed by atoms with Crippen LogP contribution < -0.4 is 0 Å². The van der Waals surface area contributed by atoms with E-state index >= 15 is 0 Å². The van der Waals surface area contributed by atoms with E-state index in [-0.39, 0.29) is 0 Å². The Hall–Kier alpha value is -1.57. The SMILES string of the molecule is CCCCc1cnc(Cc2ccccc2)[nH]1. The van der Waals surface area contributed by atoms with Crippen molar-refractivity contribution in [3.63, 3.8) is 0 Å². The number of unbranched alkanes of at least 4 members (excludes halogenated alkanes) is 1. The number of aryl methyl sites for hydroxylation is 1. The highest BCUT2D eigenvalue weighted by Gasteiger charge is 2.01. The van der Waals surface area contributed by atoms with Crippen molar-refractivity contribution in [1.29, 1.82) is 0 Å². The maximum atomic E-state index is 4.41. The second-order valence-corrected chi connectivity index (χ2v) is 4.12. The minimum absolute atomic E-state index is 0.896. The van der Waals surface area contributed by atoms with Gasteiger partial charge in [-0.1, -0.05) is 43.7 Å². The molecule has 0 radical (unpaired) electrons. The zero-order chi connectivity index (χ0) is 11.2. The molecule has 0 spiro atoms. The number of rotatable bonds is 5. The van der Waals surface area contributed by atoms with Crippen molar-refractivity contribution < 1.29 is 0 Å². The first-order valence-electron chi connectivity index (χ1n) is 5.95. The van der Waals surface area contributed by atoms with Crippen molar-refractivity contribution in [2.75, 3.05) is 0 Å². The van der Waals surface area contributed by atoms with E-state index in [1.165, 1.54) is 24.1 Å². The van der Waals surface area contributed by atoms with Gasteiger partial charge in [-0.3, -0.25) is 0 Å². The predicted molar refractivity (Wildman–Crippen MR) is 66.4 cm³/mol. The number of imidazole rings is 1. The predicted octanol–water partition coefficient (Wildman–Crippen LogP) is 3.34. The van der Waals surface area contributed by atoms with Crippen LogP contribution in [0.3, 0.4) is 0 Å². The summed E-state index contributed by atoms with van der Waals surface area (Å²) in [5.74, 6) is 1.07. The van der Waals surface area contributed by atoms with Gasteiger partial charge in [0.1, 0.15) is 5.82 Å². The molecule has 0 fully saturated rings. The molecule has 1 aromatic carbocycles. The monoisotopic (exact) mass is 214 g/mol. The highest BCUT2D eigenvalue weighted by atomic mass is 14.9. The maximum absolute atomic E-state index is 4.41. The Morgan fingerprint density at radius 3 is 2.75 bits per heavy atom. The third-order valence-corrected chi connectivity index (χ3v) is 2.70.